The molecule has 1 fully saturated rings. The van der Waals surface area contributed by atoms with Gasteiger partial charge >= 0.3 is 0 Å². The molecule has 126 valence electrons. The maximum absolute atomic E-state index is 14.0. The number of halogens is 1. The first-order chi connectivity index (χ1) is 11.7. The highest BCUT2D eigenvalue weighted by atomic mass is 19.1. The van der Waals surface area contributed by atoms with Crippen molar-refractivity contribution in [3.63, 3.8) is 0 Å². The molecule has 0 spiro atoms. The van der Waals surface area contributed by atoms with E-state index in [1.54, 1.807) is 0 Å². The van der Waals surface area contributed by atoms with Crippen LogP contribution in [-0.2, 0) is 0 Å². The summed E-state index contributed by atoms with van der Waals surface area (Å²) in [6.45, 7) is -0.677. The number of aliphatic hydroxyl groups is 1. The van der Waals surface area contributed by atoms with E-state index < -0.39 is 18.2 Å². The normalized spacial score (nSPS) is 15.2. The number of pyridine rings is 1. The van der Waals surface area contributed by atoms with Gasteiger partial charge in [0.2, 0.25) is 0 Å². The average molecular weight is 329 g/mol. The maximum atomic E-state index is 14.0. The number of carbonyl (C=O) groups is 1. The van der Waals surface area contributed by atoms with Crippen molar-refractivity contribution in [2.24, 2.45) is 0 Å². The Labute approximate surface area is 140 Å². The van der Waals surface area contributed by atoms with E-state index in [1.165, 1.54) is 43.9 Å². The molecule has 2 aromatic rings. The monoisotopic (exact) mass is 329 g/mol. The molecular weight excluding hydrogens is 309 g/mol. The van der Waals surface area contributed by atoms with Crippen molar-refractivity contribution in [2.75, 3.05) is 6.61 Å². The lowest BCUT2D eigenvalue weighted by Gasteiger charge is -2.22. The minimum Gasteiger partial charge on any atom is -0.436 e. The Hall–Kier alpha value is -2.27. The van der Waals surface area contributed by atoms with Crippen LogP contribution in [0.25, 0.3) is 0 Å². The molecule has 0 bridgehead atoms. The number of Topliss-reactive ketones (excluding diaryl/α,β-unsaturated/α-hetero) is 1. The lowest BCUT2D eigenvalue weighted by molar-refractivity contribution is 0.0903. The van der Waals surface area contributed by atoms with Gasteiger partial charge in [-0.25, -0.2) is 9.37 Å². The fourth-order valence-corrected chi connectivity index (χ4v) is 3.10. The molecule has 0 atom stereocenters. The van der Waals surface area contributed by atoms with Crippen molar-refractivity contribution in [2.45, 2.75) is 38.0 Å². The maximum Gasteiger partial charge on any atom is 0.255 e. The van der Waals surface area contributed by atoms with Gasteiger partial charge in [-0.3, -0.25) is 4.79 Å². The van der Waals surface area contributed by atoms with E-state index in [4.69, 9.17) is 9.84 Å². The molecule has 1 saturated carbocycles. The smallest absolute Gasteiger partial charge is 0.255 e. The molecule has 5 heteroatoms. The molecule has 1 aromatic carbocycles. The molecular formula is C19H20FNO3. The van der Waals surface area contributed by atoms with Crippen LogP contribution in [0.3, 0.4) is 0 Å². The van der Waals surface area contributed by atoms with Crippen LogP contribution in [-0.4, -0.2) is 22.5 Å². The summed E-state index contributed by atoms with van der Waals surface area (Å²) in [5.74, 6) is -0.390. The summed E-state index contributed by atoms with van der Waals surface area (Å²) in [7, 11) is 0. The predicted molar refractivity (Wildman–Crippen MR) is 88.0 cm³/mol. The zero-order valence-corrected chi connectivity index (χ0v) is 13.4. The SMILES string of the molecule is O=C(CO)c1cnc(Oc2ccc(C3CCCCC3)cc2)c(F)c1. The highest BCUT2D eigenvalue weighted by Gasteiger charge is 2.16. The van der Waals surface area contributed by atoms with Gasteiger partial charge in [0.15, 0.2) is 11.6 Å². The molecule has 1 heterocycles. The van der Waals surface area contributed by atoms with Crippen molar-refractivity contribution >= 4 is 5.78 Å². The molecule has 1 N–H and O–H groups in total. The average Bonchev–Trinajstić information content (AvgIpc) is 2.64. The minimum absolute atomic E-state index is 0.0231. The van der Waals surface area contributed by atoms with E-state index >= 15 is 0 Å². The zero-order valence-electron chi connectivity index (χ0n) is 13.4. The highest BCUT2D eigenvalue weighted by molar-refractivity contribution is 5.96. The first-order valence-corrected chi connectivity index (χ1v) is 8.25. The summed E-state index contributed by atoms with van der Waals surface area (Å²) in [4.78, 5) is 15.2. The molecule has 1 aliphatic rings. The number of carbonyl (C=O) groups excluding carboxylic acids is 1. The topological polar surface area (TPSA) is 59.4 Å². The Morgan fingerprint density at radius 3 is 2.54 bits per heavy atom. The van der Waals surface area contributed by atoms with Crippen LogP contribution in [0.2, 0.25) is 0 Å². The summed E-state index contributed by atoms with van der Waals surface area (Å²) in [6.07, 6.45) is 7.51. The Balaban J connectivity index is 1.70. The third-order valence-electron chi connectivity index (χ3n) is 4.44. The van der Waals surface area contributed by atoms with Crippen LogP contribution < -0.4 is 4.74 Å². The number of ketones is 1. The van der Waals surface area contributed by atoms with Crippen LogP contribution in [0.4, 0.5) is 4.39 Å². The van der Waals surface area contributed by atoms with E-state index in [-0.39, 0.29) is 11.4 Å². The number of hydrogen-bond donors (Lipinski definition) is 1. The van der Waals surface area contributed by atoms with E-state index in [0.29, 0.717) is 11.7 Å². The molecule has 4 nitrogen and oxygen atoms in total. The van der Waals surface area contributed by atoms with Crippen molar-refractivity contribution in [1.29, 1.82) is 0 Å². The van der Waals surface area contributed by atoms with Gasteiger partial charge in [0, 0.05) is 11.8 Å². The first kappa shape index (κ1) is 16.6. The fraction of sp³-hybridized carbons (Fsp3) is 0.368. The molecule has 1 aliphatic carbocycles. The summed E-state index contributed by atoms with van der Waals surface area (Å²) >= 11 is 0. The van der Waals surface area contributed by atoms with Gasteiger partial charge in [0.1, 0.15) is 12.4 Å². The first-order valence-electron chi connectivity index (χ1n) is 8.25. The van der Waals surface area contributed by atoms with E-state index in [9.17, 15) is 9.18 Å². The molecule has 3 rings (SSSR count). The van der Waals surface area contributed by atoms with Crippen LogP contribution in [0, 0.1) is 5.82 Å². The number of aromatic nitrogens is 1. The number of ether oxygens (including phenoxy) is 1. The third-order valence-corrected chi connectivity index (χ3v) is 4.44. The lowest BCUT2D eigenvalue weighted by Crippen LogP contribution is -2.06. The molecule has 0 radical (unpaired) electrons. The van der Waals surface area contributed by atoms with Crippen LogP contribution in [0.1, 0.15) is 53.9 Å². The molecule has 0 amide bonds. The summed E-state index contributed by atoms with van der Waals surface area (Å²) in [5.41, 5.74) is 1.31. The molecule has 0 unspecified atom stereocenters. The minimum atomic E-state index is -0.731. The second-order valence-corrected chi connectivity index (χ2v) is 6.10. The van der Waals surface area contributed by atoms with Gasteiger partial charge in [-0.2, -0.15) is 0 Å². The second kappa shape index (κ2) is 7.53. The van der Waals surface area contributed by atoms with E-state index in [1.807, 2.05) is 24.3 Å². The Kier molecular flexibility index (Phi) is 5.20. The van der Waals surface area contributed by atoms with Gasteiger partial charge in [0.05, 0.1) is 0 Å². The van der Waals surface area contributed by atoms with Gasteiger partial charge < -0.3 is 9.84 Å². The largest absolute Gasteiger partial charge is 0.436 e. The number of nitrogens with zero attached hydrogens (tertiary/aromatic N) is 1. The van der Waals surface area contributed by atoms with Crippen molar-refractivity contribution < 1.29 is 19.0 Å². The highest BCUT2D eigenvalue weighted by Crippen LogP contribution is 2.33. The quantitative estimate of drug-likeness (QED) is 0.834. The van der Waals surface area contributed by atoms with Crippen molar-refractivity contribution in [3.8, 4) is 11.6 Å². The molecule has 0 saturated heterocycles. The van der Waals surface area contributed by atoms with Gasteiger partial charge in [-0.15, -0.1) is 0 Å². The Bertz CT molecular complexity index is 709. The summed E-state index contributed by atoms with van der Waals surface area (Å²) < 4.78 is 19.4. The van der Waals surface area contributed by atoms with Crippen LogP contribution in [0.5, 0.6) is 11.6 Å². The Morgan fingerprint density at radius 2 is 1.92 bits per heavy atom. The van der Waals surface area contributed by atoms with Gasteiger partial charge in [0.25, 0.3) is 5.88 Å². The lowest BCUT2D eigenvalue weighted by atomic mass is 9.84. The van der Waals surface area contributed by atoms with E-state index in [2.05, 4.69) is 4.98 Å². The fourth-order valence-electron chi connectivity index (χ4n) is 3.10. The molecule has 0 aliphatic heterocycles. The van der Waals surface area contributed by atoms with Crippen LogP contribution >= 0.6 is 0 Å². The third kappa shape index (κ3) is 3.79. The molecule has 1 aromatic heterocycles. The van der Waals surface area contributed by atoms with Gasteiger partial charge in [-0.05, 0) is 42.5 Å². The predicted octanol–water partition coefficient (Wildman–Crippen LogP) is 4.24. The second-order valence-electron chi connectivity index (χ2n) is 6.10. The molecule has 24 heavy (non-hydrogen) atoms. The van der Waals surface area contributed by atoms with Gasteiger partial charge in [-0.1, -0.05) is 31.4 Å². The Morgan fingerprint density at radius 1 is 1.21 bits per heavy atom. The zero-order chi connectivity index (χ0) is 16.9. The standard InChI is InChI=1S/C19H20FNO3/c20-17-10-15(18(23)12-22)11-21-19(17)24-16-8-6-14(7-9-16)13-4-2-1-3-5-13/h6-11,13,22H,1-5,12H2. The van der Waals surface area contributed by atoms with Crippen LogP contribution in [0.15, 0.2) is 36.5 Å². The number of aliphatic hydroxyl groups excluding tert-OH is 1. The van der Waals surface area contributed by atoms with Crippen molar-refractivity contribution in [1.82, 2.24) is 4.98 Å². The number of rotatable bonds is 5. The van der Waals surface area contributed by atoms with Crippen molar-refractivity contribution in [3.05, 3.63) is 53.5 Å². The number of benzene rings is 1. The summed E-state index contributed by atoms with van der Waals surface area (Å²) in [5, 5.41) is 8.79. The van der Waals surface area contributed by atoms with E-state index in [0.717, 1.165) is 6.07 Å². The summed E-state index contributed by atoms with van der Waals surface area (Å²) in [6, 6.07) is 8.70. The number of hydrogen-bond acceptors (Lipinski definition) is 4.